The van der Waals surface area contributed by atoms with E-state index in [4.69, 9.17) is 5.11 Å². The second-order valence-corrected chi connectivity index (χ2v) is 7.13. The minimum atomic E-state index is -4.97. The van der Waals surface area contributed by atoms with Gasteiger partial charge in [0.1, 0.15) is 5.82 Å². The van der Waals surface area contributed by atoms with Crippen LogP contribution in [0.2, 0.25) is 0 Å². The Hall–Kier alpha value is -1.19. The number of benzene rings is 1. The van der Waals surface area contributed by atoms with Crippen molar-refractivity contribution in [3.8, 4) is 0 Å². The first-order chi connectivity index (χ1) is 10.2. The highest BCUT2D eigenvalue weighted by Gasteiger charge is 2.37. The molecule has 4 nitrogen and oxygen atoms in total. The molecule has 1 atom stereocenters. The fraction of sp³-hybridized carbons (Fsp3) is 0.538. The number of aliphatic hydroxyl groups is 1. The molecule has 124 valence electrons. The van der Waals surface area contributed by atoms with Gasteiger partial charge in [-0.2, -0.15) is 17.5 Å². The van der Waals surface area contributed by atoms with Crippen LogP contribution in [0.5, 0.6) is 0 Å². The highest BCUT2D eigenvalue weighted by Crippen LogP contribution is 2.34. The molecule has 1 aromatic carbocycles. The third-order valence-corrected chi connectivity index (χ3v) is 5.48. The van der Waals surface area contributed by atoms with Crippen LogP contribution in [0, 0.1) is 11.7 Å². The lowest BCUT2D eigenvalue weighted by Gasteiger charge is -2.31. The minimum Gasteiger partial charge on any atom is -0.396 e. The van der Waals surface area contributed by atoms with Crippen LogP contribution < -0.4 is 0 Å². The summed E-state index contributed by atoms with van der Waals surface area (Å²) in [4.78, 5) is -0.597. The van der Waals surface area contributed by atoms with Crippen molar-refractivity contribution in [2.75, 3.05) is 19.7 Å². The summed E-state index contributed by atoms with van der Waals surface area (Å²) in [6.45, 7) is 0.0123. The zero-order chi connectivity index (χ0) is 16.5. The van der Waals surface area contributed by atoms with Gasteiger partial charge in [0, 0.05) is 19.7 Å². The maximum absolute atomic E-state index is 13.3. The summed E-state index contributed by atoms with van der Waals surface area (Å²) in [5.41, 5.74) is -1.61. The molecule has 0 aromatic heterocycles. The third-order valence-electron chi connectivity index (χ3n) is 3.62. The molecule has 0 bridgehead atoms. The van der Waals surface area contributed by atoms with Gasteiger partial charge in [0.05, 0.1) is 10.5 Å². The van der Waals surface area contributed by atoms with Crippen LogP contribution in [0.3, 0.4) is 0 Å². The van der Waals surface area contributed by atoms with Gasteiger partial charge in [-0.25, -0.2) is 12.8 Å². The standard InChI is InChI=1S/C13H15F4NO3S/c14-12-4-3-10(6-11(12)13(15,16)17)22(20,21)18-5-1-2-9(7-18)8-19/h3-4,6,9,19H,1-2,5,7-8H2. The second kappa shape index (κ2) is 6.13. The third kappa shape index (κ3) is 3.41. The van der Waals surface area contributed by atoms with E-state index in [2.05, 4.69) is 0 Å². The van der Waals surface area contributed by atoms with E-state index in [1.54, 1.807) is 0 Å². The van der Waals surface area contributed by atoms with Gasteiger partial charge in [-0.3, -0.25) is 0 Å². The van der Waals surface area contributed by atoms with Crippen LogP contribution in [0.15, 0.2) is 23.1 Å². The molecule has 1 unspecified atom stereocenters. The average molecular weight is 341 g/mol. The lowest BCUT2D eigenvalue weighted by Crippen LogP contribution is -2.40. The van der Waals surface area contributed by atoms with Crippen LogP contribution in [0.1, 0.15) is 18.4 Å². The second-order valence-electron chi connectivity index (χ2n) is 5.19. The normalized spacial score (nSPS) is 21.0. The summed E-state index contributed by atoms with van der Waals surface area (Å²) in [7, 11) is -4.15. The Balaban J connectivity index is 2.38. The van der Waals surface area contributed by atoms with E-state index in [0.717, 1.165) is 10.4 Å². The number of sulfonamides is 1. The molecule has 1 N–H and O–H groups in total. The topological polar surface area (TPSA) is 57.6 Å². The van der Waals surface area contributed by atoms with Crippen LogP contribution >= 0.6 is 0 Å². The van der Waals surface area contributed by atoms with E-state index in [0.29, 0.717) is 25.0 Å². The smallest absolute Gasteiger partial charge is 0.396 e. The molecule has 1 heterocycles. The summed E-state index contributed by atoms with van der Waals surface area (Å²) >= 11 is 0. The molecular weight excluding hydrogens is 326 g/mol. The zero-order valence-electron chi connectivity index (χ0n) is 11.5. The number of rotatable bonds is 3. The summed E-state index contributed by atoms with van der Waals surface area (Å²) in [6, 6.07) is 1.64. The largest absolute Gasteiger partial charge is 0.419 e. The number of hydrogen-bond donors (Lipinski definition) is 1. The van der Waals surface area contributed by atoms with Crippen molar-refractivity contribution in [3.63, 3.8) is 0 Å². The predicted molar refractivity (Wildman–Crippen MR) is 70.0 cm³/mol. The van der Waals surface area contributed by atoms with Crippen molar-refractivity contribution < 1.29 is 31.1 Å². The summed E-state index contributed by atoms with van der Waals surface area (Å²) in [5, 5.41) is 9.11. The minimum absolute atomic E-state index is 0.0392. The van der Waals surface area contributed by atoms with Crippen molar-refractivity contribution >= 4 is 10.0 Å². The molecule has 0 saturated carbocycles. The molecule has 0 spiro atoms. The Bertz CT molecular complexity index is 645. The van der Waals surface area contributed by atoms with Gasteiger partial charge in [0.2, 0.25) is 10.0 Å². The van der Waals surface area contributed by atoms with Gasteiger partial charge in [0.25, 0.3) is 0 Å². The van der Waals surface area contributed by atoms with Crippen LogP contribution in [-0.2, 0) is 16.2 Å². The van der Waals surface area contributed by atoms with Crippen molar-refractivity contribution in [2.24, 2.45) is 5.92 Å². The molecule has 22 heavy (non-hydrogen) atoms. The lowest BCUT2D eigenvalue weighted by atomic mass is 10.0. The first-order valence-electron chi connectivity index (χ1n) is 6.64. The summed E-state index contributed by atoms with van der Waals surface area (Å²) in [6.07, 6.45) is -3.80. The van der Waals surface area contributed by atoms with Gasteiger partial charge in [-0.15, -0.1) is 0 Å². The number of halogens is 4. The van der Waals surface area contributed by atoms with Gasteiger partial charge >= 0.3 is 6.18 Å². The molecule has 1 aromatic rings. The highest BCUT2D eigenvalue weighted by molar-refractivity contribution is 7.89. The molecule has 2 rings (SSSR count). The van der Waals surface area contributed by atoms with E-state index >= 15 is 0 Å². The monoisotopic (exact) mass is 341 g/mol. The Labute approximate surface area is 125 Å². The number of aliphatic hydroxyl groups excluding tert-OH is 1. The Morgan fingerprint density at radius 2 is 2.00 bits per heavy atom. The first kappa shape index (κ1) is 17.2. The molecule has 1 fully saturated rings. The van der Waals surface area contributed by atoms with Crippen molar-refractivity contribution in [2.45, 2.75) is 23.9 Å². The van der Waals surface area contributed by atoms with Crippen LogP contribution in [0.25, 0.3) is 0 Å². The van der Waals surface area contributed by atoms with Gasteiger partial charge in [-0.05, 0) is 37.0 Å². The first-order valence-corrected chi connectivity index (χ1v) is 8.08. The fourth-order valence-corrected chi connectivity index (χ4v) is 4.01. The van der Waals surface area contributed by atoms with E-state index < -0.39 is 32.5 Å². The molecule has 1 aliphatic heterocycles. The van der Waals surface area contributed by atoms with Crippen molar-refractivity contribution in [1.82, 2.24) is 4.31 Å². The number of piperidine rings is 1. The van der Waals surface area contributed by atoms with Gasteiger partial charge < -0.3 is 5.11 Å². The number of nitrogens with zero attached hydrogens (tertiary/aromatic N) is 1. The Morgan fingerprint density at radius 1 is 1.32 bits per heavy atom. The summed E-state index contributed by atoms with van der Waals surface area (Å²) < 4.78 is 77.2. The van der Waals surface area contributed by atoms with Gasteiger partial charge in [-0.1, -0.05) is 0 Å². The van der Waals surface area contributed by atoms with Gasteiger partial charge in [0.15, 0.2) is 0 Å². The molecule has 9 heteroatoms. The molecule has 0 radical (unpaired) electrons. The fourth-order valence-electron chi connectivity index (χ4n) is 2.43. The van der Waals surface area contributed by atoms with Crippen molar-refractivity contribution in [1.29, 1.82) is 0 Å². The lowest BCUT2D eigenvalue weighted by molar-refractivity contribution is -0.140. The number of alkyl halides is 3. The average Bonchev–Trinajstić information content (AvgIpc) is 2.46. The molecule has 0 amide bonds. The summed E-state index contributed by atoms with van der Waals surface area (Å²) in [5.74, 6) is -1.76. The quantitative estimate of drug-likeness (QED) is 0.858. The molecule has 1 saturated heterocycles. The van der Waals surface area contributed by atoms with Crippen molar-refractivity contribution in [3.05, 3.63) is 29.6 Å². The maximum atomic E-state index is 13.3. The van der Waals surface area contributed by atoms with Crippen LogP contribution in [-0.4, -0.2) is 37.5 Å². The Morgan fingerprint density at radius 3 is 2.59 bits per heavy atom. The number of hydrogen-bond acceptors (Lipinski definition) is 3. The molecule has 0 aliphatic carbocycles. The van der Waals surface area contributed by atoms with E-state index in [9.17, 15) is 26.0 Å². The maximum Gasteiger partial charge on any atom is 0.419 e. The van der Waals surface area contributed by atoms with E-state index in [-0.39, 0.29) is 25.6 Å². The van der Waals surface area contributed by atoms with E-state index in [1.807, 2.05) is 0 Å². The SMILES string of the molecule is O=S(=O)(c1ccc(F)c(C(F)(F)F)c1)N1CCCC(CO)C1. The molecular formula is C13H15F4NO3S. The molecule has 1 aliphatic rings. The zero-order valence-corrected chi connectivity index (χ0v) is 12.3. The highest BCUT2D eigenvalue weighted by atomic mass is 32.2. The predicted octanol–water partition coefficient (Wildman–Crippen LogP) is 2.24. The van der Waals surface area contributed by atoms with E-state index in [1.165, 1.54) is 0 Å². The van der Waals surface area contributed by atoms with Crippen LogP contribution in [0.4, 0.5) is 17.6 Å². The Kier molecular flexibility index (Phi) is 4.78.